The molecule has 0 atom stereocenters. The smallest absolute Gasteiger partial charge is 0.00979 e. The molecule has 0 aromatic carbocycles. The fourth-order valence-electron chi connectivity index (χ4n) is 1.84. The first-order valence-electron chi connectivity index (χ1n) is 5.01. The first kappa shape index (κ1) is 9.05. The van der Waals surface area contributed by atoms with Gasteiger partial charge in [-0.1, -0.05) is 13.3 Å². The zero-order valence-electron chi connectivity index (χ0n) is 8.14. The molecule has 0 amide bonds. The van der Waals surface area contributed by atoms with Crippen LogP contribution >= 0.6 is 0 Å². The van der Waals surface area contributed by atoms with Crippen LogP contribution in [0.2, 0.25) is 0 Å². The highest BCUT2D eigenvalue weighted by molar-refractivity contribution is 4.81. The van der Waals surface area contributed by atoms with Crippen LogP contribution in [0.25, 0.3) is 0 Å². The minimum Gasteiger partial charge on any atom is -0.298 e. The Balaban J connectivity index is 2.31. The predicted octanol–water partition coefficient (Wildman–Crippen LogP) is 2.66. The molecular formula is C10H21N. The molecule has 0 spiro atoms. The van der Waals surface area contributed by atoms with Crippen molar-refractivity contribution in [2.75, 3.05) is 6.54 Å². The summed E-state index contributed by atoms with van der Waals surface area (Å²) in [4.78, 5) is 2.66. The molecule has 1 fully saturated rings. The number of rotatable bonds is 4. The van der Waals surface area contributed by atoms with Crippen LogP contribution in [0.3, 0.4) is 0 Å². The molecule has 0 bridgehead atoms. The molecule has 0 unspecified atom stereocenters. The van der Waals surface area contributed by atoms with Crippen molar-refractivity contribution < 1.29 is 0 Å². The highest BCUT2D eigenvalue weighted by Crippen LogP contribution is 2.26. The van der Waals surface area contributed by atoms with Crippen molar-refractivity contribution in [1.82, 2.24) is 4.90 Å². The minimum absolute atomic E-state index is 0.750. The van der Waals surface area contributed by atoms with Gasteiger partial charge < -0.3 is 0 Å². The van der Waals surface area contributed by atoms with Gasteiger partial charge in [-0.2, -0.15) is 0 Å². The van der Waals surface area contributed by atoms with Crippen LogP contribution in [-0.2, 0) is 0 Å². The molecule has 0 aromatic rings. The second-order valence-corrected chi connectivity index (χ2v) is 3.92. The van der Waals surface area contributed by atoms with Gasteiger partial charge in [0.25, 0.3) is 0 Å². The monoisotopic (exact) mass is 155 g/mol. The van der Waals surface area contributed by atoms with Crippen LogP contribution in [0, 0.1) is 0 Å². The summed E-state index contributed by atoms with van der Waals surface area (Å²) in [5, 5.41) is 0. The molecule has 0 saturated heterocycles. The van der Waals surface area contributed by atoms with Gasteiger partial charge in [0.15, 0.2) is 0 Å². The van der Waals surface area contributed by atoms with Crippen molar-refractivity contribution in [3.63, 3.8) is 0 Å². The van der Waals surface area contributed by atoms with Crippen LogP contribution in [-0.4, -0.2) is 23.5 Å². The lowest BCUT2D eigenvalue weighted by Crippen LogP contribution is -2.44. The summed E-state index contributed by atoms with van der Waals surface area (Å²) in [5.74, 6) is 0. The van der Waals surface area contributed by atoms with Gasteiger partial charge in [0.1, 0.15) is 0 Å². The Morgan fingerprint density at radius 3 is 2.27 bits per heavy atom. The second kappa shape index (κ2) is 4.10. The molecule has 0 aliphatic heterocycles. The summed E-state index contributed by atoms with van der Waals surface area (Å²) in [6.45, 7) is 8.19. The van der Waals surface area contributed by atoms with Crippen LogP contribution in [0.15, 0.2) is 0 Å². The van der Waals surface area contributed by atoms with E-state index in [1.165, 1.54) is 32.2 Å². The van der Waals surface area contributed by atoms with Gasteiger partial charge in [0.05, 0.1) is 0 Å². The molecule has 1 heteroatoms. The van der Waals surface area contributed by atoms with Crippen LogP contribution in [0.5, 0.6) is 0 Å². The van der Waals surface area contributed by atoms with Crippen molar-refractivity contribution in [2.24, 2.45) is 0 Å². The van der Waals surface area contributed by atoms with Crippen LogP contribution in [0.4, 0.5) is 0 Å². The topological polar surface area (TPSA) is 3.24 Å². The standard InChI is InChI=1S/C10H21N/c1-4-8-11(9(2)3)10-6-5-7-10/h9-10H,4-8H2,1-3H3. The highest BCUT2D eigenvalue weighted by atomic mass is 15.2. The molecule has 66 valence electrons. The van der Waals surface area contributed by atoms with E-state index in [0.29, 0.717) is 0 Å². The van der Waals surface area contributed by atoms with E-state index >= 15 is 0 Å². The Hall–Kier alpha value is -0.0400. The third kappa shape index (κ3) is 2.19. The lowest BCUT2D eigenvalue weighted by molar-refractivity contribution is 0.0947. The van der Waals surface area contributed by atoms with E-state index in [0.717, 1.165) is 12.1 Å². The van der Waals surface area contributed by atoms with E-state index < -0.39 is 0 Å². The molecule has 0 N–H and O–H groups in total. The van der Waals surface area contributed by atoms with Gasteiger partial charge in [-0.05, 0) is 39.7 Å². The molecular weight excluding hydrogens is 134 g/mol. The average molecular weight is 155 g/mol. The Morgan fingerprint density at radius 2 is 2.00 bits per heavy atom. The Morgan fingerprint density at radius 1 is 1.36 bits per heavy atom. The molecule has 1 saturated carbocycles. The van der Waals surface area contributed by atoms with Crippen molar-refractivity contribution >= 4 is 0 Å². The Labute approximate surface area is 70.8 Å². The summed E-state index contributed by atoms with van der Waals surface area (Å²) >= 11 is 0. The molecule has 1 rings (SSSR count). The summed E-state index contributed by atoms with van der Waals surface area (Å²) in [5.41, 5.74) is 0. The summed E-state index contributed by atoms with van der Waals surface area (Å²) in [6, 6.07) is 1.68. The van der Waals surface area contributed by atoms with Gasteiger partial charge in [-0.3, -0.25) is 4.90 Å². The highest BCUT2D eigenvalue weighted by Gasteiger charge is 2.25. The van der Waals surface area contributed by atoms with E-state index in [-0.39, 0.29) is 0 Å². The lowest BCUT2D eigenvalue weighted by Gasteiger charge is -2.40. The molecule has 1 nitrogen and oxygen atoms in total. The Bertz CT molecular complexity index is 105. The third-order valence-corrected chi connectivity index (χ3v) is 2.69. The molecule has 1 aliphatic carbocycles. The number of hydrogen-bond acceptors (Lipinski definition) is 1. The summed E-state index contributed by atoms with van der Waals surface area (Å²) in [7, 11) is 0. The second-order valence-electron chi connectivity index (χ2n) is 3.92. The molecule has 0 radical (unpaired) electrons. The van der Waals surface area contributed by atoms with Crippen molar-refractivity contribution in [3.8, 4) is 0 Å². The molecule has 1 aliphatic rings. The van der Waals surface area contributed by atoms with Gasteiger partial charge in [-0.15, -0.1) is 0 Å². The average Bonchev–Trinajstić information content (AvgIpc) is 1.82. The largest absolute Gasteiger partial charge is 0.298 e. The maximum Gasteiger partial charge on any atom is 0.00979 e. The van der Waals surface area contributed by atoms with Gasteiger partial charge in [-0.25, -0.2) is 0 Å². The number of nitrogens with zero attached hydrogens (tertiary/aromatic N) is 1. The Kier molecular flexibility index (Phi) is 3.38. The predicted molar refractivity (Wildman–Crippen MR) is 49.8 cm³/mol. The minimum atomic E-state index is 0.750. The SMILES string of the molecule is CCCN(C(C)C)C1CCC1. The van der Waals surface area contributed by atoms with Crippen LogP contribution in [0.1, 0.15) is 46.5 Å². The maximum atomic E-state index is 2.66. The first-order chi connectivity index (χ1) is 5.25. The van der Waals surface area contributed by atoms with E-state index in [9.17, 15) is 0 Å². The van der Waals surface area contributed by atoms with E-state index in [4.69, 9.17) is 0 Å². The normalized spacial score (nSPS) is 19.4. The van der Waals surface area contributed by atoms with Crippen molar-refractivity contribution in [2.45, 2.75) is 58.5 Å². The fourth-order valence-corrected chi connectivity index (χ4v) is 1.84. The lowest BCUT2D eigenvalue weighted by atomic mass is 9.90. The van der Waals surface area contributed by atoms with E-state index in [1.807, 2.05) is 0 Å². The summed E-state index contributed by atoms with van der Waals surface area (Å²) in [6.07, 6.45) is 5.64. The van der Waals surface area contributed by atoms with Gasteiger partial charge in [0.2, 0.25) is 0 Å². The zero-order chi connectivity index (χ0) is 8.27. The van der Waals surface area contributed by atoms with E-state index in [2.05, 4.69) is 25.7 Å². The number of hydrogen-bond donors (Lipinski definition) is 0. The van der Waals surface area contributed by atoms with Gasteiger partial charge >= 0.3 is 0 Å². The third-order valence-electron chi connectivity index (χ3n) is 2.69. The molecule has 0 aromatic heterocycles. The van der Waals surface area contributed by atoms with Crippen LogP contribution < -0.4 is 0 Å². The van der Waals surface area contributed by atoms with Crippen molar-refractivity contribution in [3.05, 3.63) is 0 Å². The first-order valence-corrected chi connectivity index (χ1v) is 5.01. The van der Waals surface area contributed by atoms with Crippen molar-refractivity contribution in [1.29, 1.82) is 0 Å². The fraction of sp³-hybridized carbons (Fsp3) is 1.00. The maximum absolute atomic E-state index is 2.66. The van der Waals surface area contributed by atoms with Gasteiger partial charge in [0, 0.05) is 12.1 Å². The molecule has 0 heterocycles. The quantitative estimate of drug-likeness (QED) is 0.603. The summed E-state index contributed by atoms with van der Waals surface area (Å²) < 4.78 is 0. The molecule has 11 heavy (non-hydrogen) atoms. The zero-order valence-corrected chi connectivity index (χ0v) is 8.14. The van der Waals surface area contributed by atoms with E-state index in [1.54, 1.807) is 0 Å².